The van der Waals surface area contributed by atoms with E-state index in [2.05, 4.69) is 97.2 Å². The molecule has 0 spiro atoms. The number of rotatable bonds is 3. The summed E-state index contributed by atoms with van der Waals surface area (Å²) in [5.74, 6) is 0.838. The molecule has 36 heavy (non-hydrogen) atoms. The molecule has 6 aliphatic rings. The predicted molar refractivity (Wildman–Crippen MR) is 152 cm³/mol. The summed E-state index contributed by atoms with van der Waals surface area (Å²) in [4.78, 5) is 0. The zero-order valence-corrected chi connectivity index (χ0v) is 21.0. The Kier molecular flexibility index (Phi) is 5.62. The number of hydrogen-bond donors (Lipinski definition) is 0. The van der Waals surface area contributed by atoms with Gasteiger partial charge in [0.05, 0.1) is 0 Å². The maximum Gasteiger partial charge on any atom is 0.0134 e. The van der Waals surface area contributed by atoms with Crippen molar-refractivity contribution in [3.63, 3.8) is 0 Å². The fraction of sp³-hybridized carbons (Fsp3) is 0.278. The van der Waals surface area contributed by atoms with Crippen LogP contribution in [0.4, 0.5) is 0 Å². The Morgan fingerprint density at radius 2 is 1.19 bits per heavy atom. The molecule has 0 amide bonds. The Morgan fingerprint density at radius 1 is 0.528 bits per heavy atom. The highest BCUT2D eigenvalue weighted by atomic mass is 14.4. The van der Waals surface area contributed by atoms with Crippen LogP contribution < -0.4 is 10.4 Å². The van der Waals surface area contributed by atoms with Gasteiger partial charge in [0, 0.05) is 11.8 Å². The lowest BCUT2D eigenvalue weighted by molar-refractivity contribution is 0.670. The Hall–Kier alpha value is -3.38. The van der Waals surface area contributed by atoms with E-state index in [0.29, 0.717) is 11.8 Å². The zero-order valence-electron chi connectivity index (χ0n) is 21.0. The molecule has 2 atom stereocenters. The predicted octanol–water partition coefficient (Wildman–Crippen LogP) is 7.65. The van der Waals surface area contributed by atoms with Crippen molar-refractivity contribution in [1.82, 2.24) is 0 Å². The smallest absolute Gasteiger partial charge is 0.0134 e. The molecular formula is C36H34. The highest BCUT2D eigenvalue weighted by Crippen LogP contribution is 2.45. The van der Waals surface area contributed by atoms with Crippen molar-refractivity contribution in [2.24, 2.45) is 11.8 Å². The normalized spacial score (nSPS) is 26.6. The summed E-state index contributed by atoms with van der Waals surface area (Å²) in [6, 6.07) is 9.26. The van der Waals surface area contributed by atoms with Crippen molar-refractivity contribution in [3.05, 3.63) is 141 Å². The standard InChI is InChI=1S/C36H34/c1-2-10-25(11-3-1)27-18-21-28(22-19-27)35-31-14-6-8-16-33(31)36(34-17-9-7-15-32(34)35)30-23-20-26-12-4-5-13-29(26)24-30/h1-2,4,6-10,12,14-18,21,24,31,33H,3,5,11,13,19-20,22-23H2. The van der Waals surface area contributed by atoms with Crippen molar-refractivity contribution in [2.75, 3.05) is 0 Å². The first-order chi connectivity index (χ1) is 17.9. The second-order valence-electron chi connectivity index (χ2n) is 10.9. The van der Waals surface area contributed by atoms with Crippen LogP contribution >= 0.6 is 0 Å². The van der Waals surface area contributed by atoms with Gasteiger partial charge in [-0.2, -0.15) is 0 Å². The van der Waals surface area contributed by atoms with Gasteiger partial charge in [0.1, 0.15) is 0 Å². The lowest BCUT2D eigenvalue weighted by Gasteiger charge is -2.36. The van der Waals surface area contributed by atoms with E-state index in [0.717, 1.165) is 19.3 Å². The van der Waals surface area contributed by atoms with Gasteiger partial charge in [-0.25, -0.2) is 0 Å². The largest absolute Gasteiger partial charge is 0.0842 e. The van der Waals surface area contributed by atoms with Crippen molar-refractivity contribution >= 4 is 11.1 Å². The monoisotopic (exact) mass is 466 g/mol. The summed E-state index contributed by atoms with van der Waals surface area (Å²) < 4.78 is 0. The molecule has 0 aromatic heterocycles. The third-order valence-electron chi connectivity index (χ3n) is 8.90. The highest BCUT2D eigenvalue weighted by Gasteiger charge is 2.34. The zero-order chi connectivity index (χ0) is 23.9. The first-order valence-corrected chi connectivity index (χ1v) is 13.9. The Bertz CT molecular complexity index is 1520. The summed E-state index contributed by atoms with van der Waals surface area (Å²) in [5, 5.41) is 2.92. The maximum absolute atomic E-state index is 2.56. The fourth-order valence-corrected chi connectivity index (χ4v) is 7.15. The quantitative estimate of drug-likeness (QED) is 0.429. The Balaban J connectivity index is 1.41. The molecule has 0 saturated heterocycles. The summed E-state index contributed by atoms with van der Waals surface area (Å²) in [7, 11) is 0. The first-order valence-electron chi connectivity index (χ1n) is 13.9. The van der Waals surface area contributed by atoms with Crippen LogP contribution in [-0.4, -0.2) is 0 Å². The first kappa shape index (κ1) is 21.9. The number of fused-ring (bicyclic) bond motifs is 2. The summed E-state index contributed by atoms with van der Waals surface area (Å²) in [6.07, 6.45) is 37.9. The van der Waals surface area contributed by atoms with Crippen LogP contribution in [0.2, 0.25) is 0 Å². The molecule has 6 aliphatic carbocycles. The van der Waals surface area contributed by atoms with Crippen molar-refractivity contribution in [1.29, 1.82) is 0 Å². The molecule has 1 aromatic rings. The van der Waals surface area contributed by atoms with E-state index in [9.17, 15) is 0 Å². The van der Waals surface area contributed by atoms with Crippen LogP contribution in [0.1, 0.15) is 51.4 Å². The lowest BCUT2D eigenvalue weighted by atomic mass is 9.67. The molecule has 7 rings (SSSR count). The fourth-order valence-electron chi connectivity index (χ4n) is 7.15. The van der Waals surface area contributed by atoms with E-state index < -0.39 is 0 Å². The van der Waals surface area contributed by atoms with Crippen molar-refractivity contribution in [3.8, 4) is 0 Å². The van der Waals surface area contributed by atoms with Crippen LogP contribution in [0, 0.1) is 11.8 Å². The van der Waals surface area contributed by atoms with Crippen LogP contribution in [0.5, 0.6) is 0 Å². The third-order valence-corrected chi connectivity index (χ3v) is 8.90. The molecule has 0 heteroatoms. The Labute approximate surface area is 215 Å². The molecule has 0 bridgehead atoms. The van der Waals surface area contributed by atoms with E-state index in [1.165, 1.54) is 59.3 Å². The molecule has 0 saturated carbocycles. The van der Waals surface area contributed by atoms with Gasteiger partial charge in [-0.1, -0.05) is 97.2 Å². The van der Waals surface area contributed by atoms with Gasteiger partial charge >= 0.3 is 0 Å². The van der Waals surface area contributed by atoms with Gasteiger partial charge in [0.15, 0.2) is 0 Å². The van der Waals surface area contributed by atoms with Gasteiger partial charge in [-0.15, -0.1) is 0 Å². The van der Waals surface area contributed by atoms with E-state index in [-0.39, 0.29) is 0 Å². The van der Waals surface area contributed by atoms with Crippen molar-refractivity contribution < 1.29 is 0 Å². The van der Waals surface area contributed by atoms with E-state index in [1.54, 1.807) is 27.9 Å². The van der Waals surface area contributed by atoms with Gasteiger partial charge in [0.25, 0.3) is 0 Å². The van der Waals surface area contributed by atoms with E-state index in [4.69, 9.17) is 0 Å². The SMILES string of the molecule is C1=CCCC(C2=CC=C(C3=c4ccccc4=C(C4=CC5=C(C=CCC5)CC4)C4C=CC=CC34)CC2)=C1. The molecular weight excluding hydrogens is 432 g/mol. The van der Waals surface area contributed by atoms with Gasteiger partial charge in [-0.05, 0) is 106 Å². The average Bonchev–Trinajstić information content (AvgIpc) is 2.96. The summed E-state index contributed by atoms with van der Waals surface area (Å²) in [5.41, 5.74) is 12.5. The molecule has 0 radical (unpaired) electrons. The third kappa shape index (κ3) is 3.75. The number of benzene rings is 1. The van der Waals surface area contributed by atoms with Gasteiger partial charge < -0.3 is 0 Å². The summed E-state index contributed by atoms with van der Waals surface area (Å²) >= 11 is 0. The van der Waals surface area contributed by atoms with Gasteiger partial charge in [0.2, 0.25) is 0 Å². The molecule has 2 unspecified atom stereocenters. The van der Waals surface area contributed by atoms with Crippen LogP contribution in [0.25, 0.3) is 11.1 Å². The molecule has 0 heterocycles. The second kappa shape index (κ2) is 9.25. The Morgan fingerprint density at radius 3 is 1.92 bits per heavy atom. The van der Waals surface area contributed by atoms with Crippen LogP contribution in [0.3, 0.4) is 0 Å². The molecule has 0 fully saturated rings. The minimum absolute atomic E-state index is 0.417. The minimum Gasteiger partial charge on any atom is -0.0842 e. The van der Waals surface area contributed by atoms with Crippen LogP contribution in [0.15, 0.2) is 131 Å². The topological polar surface area (TPSA) is 0 Å². The number of allylic oxidation sites excluding steroid dienone is 18. The van der Waals surface area contributed by atoms with E-state index in [1.807, 2.05) is 0 Å². The van der Waals surface area contributed by atoms with Gasteiger partial charge in [-0.3, -0.25) is 0 Å². The minimum atomic E-state index is 0.417. The number of hydrogen-bond acceptors (Lipinski definition) is 0. The average molecular weight is 467 g/mol. The highest BCUT2D eigenvalue weighted by molar-refractivity contribution is 5.81. The maximum atomic E-state index is 2.56. The van der Waals surface area contributed by atoms with Crippen LogP contribution in [-0.2, 0) is 0 Å². The summed E-state index contributed by atoms with van der Waals surface area (Å²) in [6.45, 7) is 0. The molecule has 178 valence electrons. The molecule has 0 aliphatic heterocycles. The molecule has 0 N–H and O–H groups in total. The molecule has 0 nitrogen and oxygen atoms in total. The van der Waals surface area contributed by atoms with E-state index >= 15 is 0 Å². The van der Waals surface area contributed by atoms with Crippen molar-refractivity contribution in [2.45, 2.75) is 51.4 Å². The lowest BCUT2D eigenvalue weighted by Crippen LogP contribution is -2.40. The second-order valence-corrected chi connectivity index (χ2v) is 10.9. The molecule has 1 aromatic carbocycles.